The first-order chi connectivity index (χ1) is 13.3. The monoisotopic (exact) mass is 382 g/mol. The van der Waals surface area contributed by atoms with Crippen LogP contribution in [0, 0.1) is 0 Å². The molecule has 2 aromatic heterocycles. The Labute approximate surface area is 159 Å². The molecule has 1 N–H and O–H groups in total. The molecule has 0 unspecified atom stereocenters. The van der Waals surface area contributed by atoms with E-state index in [2.05, 4.69) is 15.2 Å². The minimum atomic E-state index is -4.41. The summed E-state index contributed by atoms with van der Waals surface area (Å²) in [6.45, 7) is 0. The largest absolute Gasteiger partial charge is 0.416 e. The number of rotatable bonds is 3. The van der Waals surface area contributed by atoms with Crippen molar-refractivity contribution in [3.05, 3.63) is 66.4 Å². The van der Waals surface area contributed by atoms with Crippen LogP contribution in [-0.4, -0.2) is 29.3 Å². The van der Waals surface area contributed by atoms with Gasteiger partial charge in [0.15, 0.2) is 0 Å². The summed E-state index contributed by atoms with van der Waals surface area (Å²) in [5.41, 5.74) is 3.42. The van der Waals surface area contributed by atoms with Crippen molar-refractivity contribution in [3.63, 3.8) is 0 Å². The summed E-state index contributed by atoms with van der Waals surface area (Å²) in [6, 6.07) is 14.8. The third-order valence-corrected chi connectivity index (χ3v) is 4.60. The summed E-state index contributed by atoms with van der Waals surface area (Å²) in [7, 11) is 3.91. The summed E-state index contributed by atoms with van der Waals surface area (Å²) in [6.07, 6.45) is -2.75. The van der Waals surface area contributed by atoms with Crippen LogP contribution in [0.3, 0.4) is 0 Å². The number of aromatic amines is 1. The maximum Gasteiger partial charge on any atom is 0.416 e. The standard InChI is InChI=1S/C21H17F3N4/c1-28(2)16-8-6-13(7-9-16)19-18-17(10-11-25-19)26-27-20(18)14-4-3-5-15(12-14)21(22,23)24/h3-12H,1-2H3,(H,26,27). The van der Waals surface area contributed by atoms with E-state index < -0.39 is 11.7 Å². The fourth-order valence-corrected chi connectivity index (χ4v) is 3.15. The first-order valence-corrected chi connectivity index (χ1v) is 8.63. The number of H-pyrrole nitrogens is 1. The molecule has 0 aliphatic rings. The van der Waals surface area contributed by atoms with Crippen LogP contribution >= 0.6 is 0 Å². The molecule has 4 aromatic rings. The number of anilines is 1. The number of benzene rings is 2. The number of alkyl halides is 3. The van der Waals surface area contributed by atoms with Gasteiger partial charge < -0.3 is 4.90 Å². The lowest BCUT2D eigenvalue weighted by molar-refractivity contribution is -0.137. The average molecular weight is 382 g/mol. The average Bonchev–Trinajstić information content (AvgIpc) is 3.12. The van der Waals surface area contributed by atoms with Gasteiger partial charge in [0.1, 0.15) is 5.69 Å². The Balaban J connectivity index is 1.89. The number of nitrogens with one attached hydrogen (secondary N) is 1. The third-order valence-electron chi connectivity index (χ3n) is 4.60. The van der Waals surface area contributed by atoms with E-state index in [1.54, 1.807) is 18.3 Å². The molecule has 0 amide bonds. The maximum atomic E-state index is 13.1. The van der Waals surface area contributed by atoms with E-state index in [0.717, 1.165) is 23.4 Å². The molecule has 2 heterocycles. The lowest BCUT2D eigenvalue weighted by Gasteiger charge is -2.13. The zero-order chi connectivity index (χ0) is 19.9. The zero-order valence-corrected chi connectivity index (χ0v) is 15.2. The van der Waals surface area contributed by atoms with Gasteiger partial charge in [0, 0.05) is 37.1 Å². The zero-order valence-electron chi connectivity index (χ0n) is 15.2. The van der Waals surface area contributed by atoms with Gasteiger partial charge in [-0.2, -0.15) is 18.3 Å². The molecule has 142 valence electrons. The van der Waals surface area contributed by atoms with Gasteiger partial charge in [-0.3, -0.25) is 10.1 Å². The highest BCUT2D eigenvalue weighted by atomic mass is 19.4. The minimum Gasteiger partial charge on any atom is -0.378 e. The summed E-state index contributed by atoms with van der Waals surface area (Å²) in [4.78, 5) is 6.48. The van der Waals surface area contributed by atoms with E-state index in [9.17, 15) is 13.2 Å². The summed E-state index contributed by atoms with van der Waals surface area (Å²) in [5, 5.41) is 7.88. The predicted octanol–water partition coefficient (Wildman–Crippen LogP) is 5.38. The molecule has 2 aromatic carbocycles. The molecule has 0 spiro atoms. The van der Waals surface area contributed by atoms with Crippen molar-refractivity contribution in [3.8, 4) is 22.5 Å². The van der Waals surface area contributed by atoms with Crippen molar-refractivity contribution < 1.29 is 13.2 Å². The van der Waals surface area contributed by atoms with Crippen LogP contribution in [0.5, 0.6) is 0 Å². The van der Waals surface area contributed by atoms with Crippen LogP contribution in [0.1, 0.15) is 5.56 Å². The lowest BCUT2D eigenvalue weighted by Crippen LogP contribution is -2.07. The first kappa shape index (κ1) is 18.0. The molecule has 0 fully saturated rings. The number of aromatic nitrogens is 3. The van der Waals surface area contributed by atoms with Gasteiger partial charge in [-0.05, 0) is 30.3 Å². The Morgan fingerprint density at radius 3 is 2.32 bits per heavy atom. The Morgan fingerprint density at radius 2 is 1.64 bits per heavy atom. The summed E-state index contributed by atoms with van der Waals surface area (Å²) < 4.78 is 39.4. The SMILES string of the molecule is CN(C)c1ccc(-c2nccc3[nH]nc(-c4cccc(C(F)(F)F)c4)c23)cc1. The Kier molecular flexibility index (Phi) is 4.30. The van der Waals surface area contributed by atoms with Crippen LogP contribution in [0.2, 0.25) is 0 Å². The van der Waals surface area contributed by atoms with E-state index in [-0.39, 0.29) is 0 Å². The number of fused-ring (bicyclic) bond motifs is 1. The highest BCUT2D eigenvalue weighted by Gasteiger charge is 2.30. The Hall–Kier alpha value is -3.35. The van der Waals surface area contributed by atoms with E-state index in [1.807, 2.05) is 43.3 Å². The van der Waals surface area contributed by atoms with Crippen LogP contribution < -0.4 is 4.90 Å². The van der Waals surface area contributed by atoms with Crippen LogP contribution in [0.4, 0.5) is 18.9 Å². The lowest BCUT2D eigenvalue weighted by atomic mass is 10.0. The molecule has 0 aliphatic carbocycles. The van der Waals surface area contributed by atoms with E-state index >= 15 is 0 Å². The highest BCUT2D eigenvalue weighted by molar-refractivity contribution is 6.02. The van der Waals surface area contributed by atoms with Crippen LogP contribution in [0.25, 0.3) is 33.4 Å². The molecule has 0 atom stereocenters. The molecule has 28 heavy (non-hydrogen) atoms. The smallest absolute Gasteiger partial charge is 0.378 e. The van der Waals surface area contributed by atoms with Crippen molar-refractivity contribution in [2.24, 2.45) is 0 Å². The second-order valence-electron chi connectivity index (χ2n) is 6.67. The number of hydrogen-bond acceptors (Lipinski definition) is 3. The van der Waals surface area contributed by atoms with E-state index in [0.29, 0.717) is 27.9 Å². The van der Waals surface area contributed by atoms with Gasteiger partial charge in [-0.25, -0.2) is 0 Å². The van der Waals surface area contributed by atoms with Crippen molar-refractivity contribution in [1.82, 2.24) is 15.2 Å². The fourth-order valence-electron chi connectivity index (χ4n) is 3.15. The molecular weight excluding hydrogens is 365 g/mol. The van der Waals surface area contributed by atoms with Crippen molar-refractivity contribution >= 4 is 16.6 Å². The van der Waals surface area contributed by atoms with E-state index in [4.69, 9.17) is 0 Å². The first-order valence-electron chi connectivity index (χ1n) is 8.63. The molecular formula is C21H17F3N4. The topological polar surface area (TPSA) is 44.8 Å². The minimum absolute atomic E-state index is 0.389. The maximum absolute atomic E-state index is 13.1. The van der Waals surface area contributed by atoms with Crippen molar-refractivity contribution in [2.75, 3.05) is 19.0 Å². The predicted molar refractivity (Wildman–Crippen MR) is 104 cm³/mol. The summed E-state index contributed by atoms with van der Waals surface area (Å²) in [5.74, 6) is 0. The van der Waals surface area contributed by atoms with Gasteiger partial charge in [-0.15, -0.1) is 0 Å². The summed E-state index contributed by atoms with van der Waals surface area (Å²) >= 11 is 0. The number of pyridine rings is 1. The molecule has 0 radical (unpaired) electrons. The molecule has 4 rings (SSSR count). The molecule has 0 aliphatic heterocycles. The van der Waals surface area contributed by atoms with Gasteiger partial charge in [-0.1, -0.05) is 24.3 Å². The third kappa shape index (κ3) is 3.19. The number of hydrogen-bond donors (Lipinski definition) is 1. The normalized spacial score (nSPS) is 11.8. The number of halogens is 3. The molecule has 0 bridgehead atoms. The van der Waals surface area contributed by atoms with Gasteiger partial charge >= 0.3 is 6.18 Å². The quantitative estimate of drug-likeness (QED) is 0.518. The van der Waals surface area contributed by atoms with Crippen molar-refractivity contribution in [1.29, 1.82) is 0 Å². The Morgan fingerprint density at radius 1 is 0.893 bits per heavy atom. The second-order valence-corrected chi connectivity index (χ2v) is 6.67. The Bertz CT molecular complexity index is 1130. The van der Waals surface area contributed by atoms with Gasteiger partial charge in [0.05, 0.1) is 22.2 Å². The number of nitrogens with zero attached hydrogens (tertiary/aromatic N) is 3. The fraction of sp³-hybridized carbons (Fsp3) is 0.143. The van der Waals surface area contributed by atoms with Crippen LogP contribution in [0.15, 0.2) is 60.8 Å². The van der Waals surface area contributed by atoms with Gasteiger partial charge in [0.2, 0.25) is 0 Å². The molecule has 0 saturated carbocycles. The van der Waals surface area contributed by atoms with Crippen LogP contribution in [-0.2, 0) is 6.18 Å². The van der Waals surface area contributed by atoms with E-state index in [1.165, 1.54) is 6.07 Å². The highest BCUT2D eigenvalue weighted by Crippen LogP contribution is 2.36. The molecule has 0 saturated heterocycles. The van der Waals surface area contributed by atoms with Crippen molar-refractivity contribution in [2.45, 2.75) is 6.18 Å². The van der Waals surface area contributed by atoms with Gasteiger partial charge in [0.25, 0.3) is 0 Å². The molecule has 7 heteroatoms. The molecule has 4 nitrogen and oxygen atoms in total. The second kappa shape index (κ2) is 6.67.